The Labute approximate surface area is 90.2 Å². The number of hydrogen-bond acceptors (Lipinski definition) is 2. The van der Waals surface area contributed by atoms with E-state index in [0.29, 0.717) is 6.54 Å². The zero-order chi connectivity index (χ0) is 10.4. The number of unbranched alkanes of at least 4 members (excludes halogenated alkanes) is 1. The summed E-state index contributed by atoms with van der Waals surface area (Å²) in [6, 6.07) is 0. The highest BCUT2D eigenvalue weighted by Gasteiger charge is 2.36. The van der Waals surface area contributed by atoms with Gasteiger partial charge in [-0.3, -0.25) is 4.79 Å². The lowest BCUT2D eigenvalue weighted by Crippen LogP contribution is -2.40. The number of hydrogen-bond donors (Lipinski definition) is 1. The molecule has 1 rings (SSSR count). The topological polar surface area (TPSA) is 29.1 Å². The SMILES string of the molecule is C#CCCCNC(=O)C1(C)CCCS1. The fourth-order valence-electron chi connectivity index (χ4n) is 1.54. The van der Waals surface area contributed by atoms with E-state index < -0.39 is 0 Å². The highest BCUT2D eigenvalue weighted by atomic mass is 32.2. The molecule has 1 heterocycles. The van der Waals surface area contributed by atoms with Crippen LogP contribution in [0.4, 0.5) is 0 Å². The lowest BCUT2D eigenvalue weighted by molar-refractivity contribution is -0.123. The Morgan fingerprint density at radius 3 is 3.07 bits per heavy atom. The highest BCUT2D eigenvalue weighted by molar-refractivity contribution is 8.01. The predicted molar refractivity (Wildman–Crippen MR) is 61.2 cm³/mol. The van der Waals surface area contributed by atoms with Gasteiger partial charge in [-0.1, -0.05) is 0 Å². The fraction of sp³-hybridized carbons (Fsp3) is 0.727. The van der Waals surface area contributed by atoms with E-state index in [1.54, 1.807) is 11.8 Å². The molecular weight excluding hydrogens is 194 g/mol. The Morgan fingerprint density at radius 2 is 2.50 bits per heavy atom. The van der Waals surface area contributed by atoms with Gasteiger partial charge in [-0.15, -0.1) is 24.1 Å². The fourth-order valence-corrected chi connectivity index (χ4v) is 2.77. The van der Waals surface area contributed by atoms with Gasteiger partial charge in [0.25, 0.3) is 0 Å². The minimum atomic E-state index is -0.184. The third-order valence-electron chi connectivity index (χ3n) is 2.48. The Hall–Kier alpha value is -0.620. The number of amides is 1. The molecule has 0 spiro atoms. The van der Waals surface area contributed by atoms with Crippen LogP contribution in [-0.2, 0) is 4.79 Å². The van der Waals surface area contributed by atoms with Gasteiger partial charge < -0.3 is 5.32 Å². The van der Waals surface area contributed by atoms with Crippen LogP contribution in [0.2, 0.25) is 0 Å². The Bertz CT molecular complexity index is 238. The molecule has 1 aliphatic heterocycles. The largest absolute Gasteiger partial charge is 0.355 e. The monoisotopic (exact) mass is 211 g/mol. The van der Waals surface area contributed by atoms with Crippen LogP contribution in [0, 0.1) is 12.3 Å². The van der Waals surface area contributed by atoms with Crippen molar-refractivity contribution < 1.29 is 4.79 Å². The third-order valence-corrected chi connectivity index (χ3v) is 4.00. The molecule has 0 radical (unpaired) electrons. The summed E-state index contributed by atoms with van der Waals surface area (Å²) in [6.45, 7) is 2.74. The van der Waals surface area contributed by atoms with Crippen molar-refractivity contribution in [2.45, 2.75) is 37.4 Å². The molecule has 1 atom stereocenters. The van der Waals surface area contributed by atoms with Gasteiger partial charge in [0.1, 0.15) is 0 Å². The van der Waals surface area contributed by atoms with Crippen molar-refractivity contribution in [2.24, 2.45) is 0 Å². The normalized spacial score (nSPS) is 25.7. The number of carbonyl (C=O) groups excluding carboxylic acids is 1. The van der Waals surface area contributed by atoms with Gasteiger partial charge in [0.2, 0.25) is 5.91 Å². The highest BCUT2D eigenvalue weighted by Crippen LogP contribution is 2.37. The molecule has 78 valence electrons. The molecular formula is C11H17NOS. The molecule has 1 aliphatic rings. The van der Waals surface area contributed by atoms with Crippen molar-refractivity contribution in [2.75, 3.05) is 12.3 Å². The Kier molecular flexibility index (Phi) is 4.34. The molecule has 1 fully saturated rings. The molecule has 0 saturated carbocycles. The van der Waals surface area contributed by atoms with Gasteiger partial charge in [-0.05, 0) is 31.9 Å². The molecule has 1 N–H and O–H groups in total. The van der Waals surface area contributed by atoms with E-state index >= 15 is 0 Å². The van der Waals surface area contributed by atoms with E-state index in [-0.39, 0.29) is 10.7 Å². The number of terminal acetylenes is 1. The lowest BCUT2D eigenvalue weighted by Gasteiger charge is -2.21. The van der Waals surface area contributed by atoms with E-state index in [9.17, 15) is 4.79 Å². The Balaban J connectivity index is 2.24. The van der Waals surface area contributed by atoms with Crippen molar-refractivity contribution in [3.8, 4) is 12.3 Å². The predicted octanol–water partition coefficient (Wildman–Crippen LogP) is 1.80. The molecule has 14 heavy (non-hydrogen) atoms. The van der Waals surface area contributed by atoms with E-state index in [0.717, 1.165) is 31.4 Å². The maximum absolute atomic E-state index is 11.7. The molecule has 0 aromatic heterocycles. The standard InChI is InChI=1S/C11H17NOS/c1-3-4-5-8-12-10(13)11(2)7-6-9-14-11/h1H,4-9H2,2H3,(H,12,13). The van der Waals surface area contributed by atoms with Crippen molar-refractivity contribution in [3.63, 3.8) is 0 Å². The summed E-state index contributed by atoms with van der Waals surface area (Å²) >= 11 is 1.76. The molecule has 0 bridgehead atoms. The molecule has 1 amide bonds. The summed E-state index contributed by atoms with van der Waals surface area (Å²) in [7, 11) is 0. The quantitative estimate of drug-likeness (QED) is 0.567. The Morgan fingerprint density at radius 1 is 1.71 bits per heavy atom. The van der Waals surface area contributed by atoms with Gasteiger partial charge in [-0.2, -0.15) is 0 Å². The van der Waals surface area contributed by atoms with Gasteiger partial charge in [0.05, 0.1) is 4.75 Å². The molecule has 0 aliphatic carbocycles. The van der Waals surface area contributed by atoms with Crippen LogP contribution in [0.1, 0.15) is 32.6 Å². The van der Waals surface area contributed by atoms with Crippen molar-refractivity contribution in [3.05, 3.63) is 0 Å². The minimum absolute atomic E-state index is 0.178. The molecule has 0 aromatic rings. The second-order valence-corrected chi connectivity index (χ2v) is 5.34. The van der Waals surface area contributed by atoms with E-state index in [1.165, 1.54) is 0 Å². The number of rotatable bonds is 4. The first kappa shape index (κ1) is 11.5. The maximum atomic E-state index is 11.7. The smallest absolute Gasteiger partial charge is 0.235 e. The zero-order valence-corrected chi connectivity index (χ0v) is 9.45. The molecule has 0 aromatic carbocycles. The summed E-state index contributed by atoms with van der Waals surface area (Å²) in [5.74, 6) is 3.85. The first-order valence-corrected chi connectivity index (χ1v) is 6.03. The number of thioether (sulfide) groups is 1. The van der Waals surface area contributed by atoms with Crippen LogP contribution in [0.25, 0.3) is 0 Å². The third kappa shape index (κ3) is 2.95. The van der Waals surface area contributed by atoms with Crippen LogP contribution in [-0.4, -0.2) is 23.0 Å². The van der Waals surface area contributed by atoms with E-state index in [1.807, 2.05) is 6.92 Å². The van der Waals surface area contributed by atoms with E-state index in [4.69, 9.17) is 6.42 Å². The van der Waals surface area contributed by atoms with Gasteiger partial charge >= 0.3 is 0 Å². The summed E-state index contributed by atoms with van der Waals surface area (Å²) < 4.78 is -0.184. The maximum Gasteiger partial charge on any atom is 0.235 e. The number of nitrogens with one attached hydrogen (secondary N) is 1. The molecule has 1 unspecified atom stereocenters. The average Bonchev–Trinajstić information content (AvgIpc) is 2.61. The van der Waals surface area contributed by atoms with Gasteiger partial charge in [-0.25, -0.2) is 0 Å². The van der Waals surface area contributed by atoms with E-state index in [2.05, 4.69) is 11.2 Å². The summed E-state index contributed by atoms with van der Waals surface area (Å²) in [5, 5.41) is 2.94. The second-order valence-electron chi connectivity index (χ2n) is 3.75. The summed E-state index contributed by atoms with van der Waals surface area (Å²) in [5.41, 5.74) is 0. The lowest BCUT2D eigenvalue weighted by atomic mass is 10.0. The molecule has 3 heteroatoms. The minimum Gasteiger partial charge on any atom is -0.355 e. The van der Waals surface area contributed by atoms with Crippen LogP contribution in [0.3, 0.4) is 0 Å². The average molecular weight is 211 g/mol. The second kappa shape index (κ2) is 5.31. The van der Waals surface area contributed by atoms with Crippen molar-refractivity contribution in [1.82, 2.24) is 5.32 Å². The van der Waals surface area contributed by atoms with Crippen LogP contribution in [0.15, 0.2) is 0 Å². The van der Waals surface area contributed by atoms with Crippen molar-refractivity contribution >= 4 is 17.7 Å². The summed E-state index contributed by atoms with van der Waals surface area (Å²) in [4.78, 5) is 11.7. The van der Waals surface area contributed by atoms with Gasteiger partial charge in [0.15, 0.2) is 0 Å². The molecule has 1 saturated heterocycles. The van der Waals surface area contributed by atoms with Crippen LogP contribution in [0.5, 0.6) is 0 Å². The zero-order valence-electron chi connectivity index (χ0n) is 8.64. The molecule has 2 nitrogen and oxygen atoms in total. The number of carbonyl (C=O) groups is 1. The summed E-state index contributed by atoms with van der Waals surface area (Å²) in [6.07, 6.45) is 8.90. The first-order valence-electron chi connectivity index (χ1n) is 5.05. The van der Waals surface area contributed by atoms with Crippen LogP contribution < -0.4 is 5.32 Å². The van der Waals surface area contributed by atoms with Crippen molar-refractivity contribution in [1.29, 1.82) is 0 Å². The van der Waals surface area contributed by atoms with Gasteiger partial charge in [0, 0.05) is 13.0 Å². The van der Waals surface area contributed by atoms with Crippen LogP contribution >= 0.6 is 11.8 Å². The first-order chi connectivity index (χ1) is 6.69.